The Morgan fingerprint density at radius 3 is 2.39 bits per heavy atom. The molecule has 0 saturated carbocycles. The number of nitro groups is 1. The molecule has 1 aromatic heterocycles. The van der Waals surface area contributed by atoms with E-state index in [9.17, 15) is 14.9 Å². The molecule has 11 heteroatoms. The molecule has 1 atom stereocenters. The molecule has 0 fully saturated rings. The Bertz CT molecular complexity index is 1270. The van der Waals surface area contributed by atoms with Crippen molar-refractivity contribution in [2.75, 3.05) is 10.6 Å². The van der Waals surface area contributed by atoms with Crippen molar-refractivity contribution in [1.29, 1.82) is 0 Å². The molecule has 0 radical (unpaired) electrons. The Morgan fingerprint density at radius 1 is 1.00 bits per heavy atom. The second kappa shape index (κ2) is 10.4. The topological polar surface area (TPSA) is 110 Å². The van der Waals surface area contributed by atoms with Crippen LogP contribution in [-0.2, 0) is 4.79 Å². The van der Waals surface area contributed by atoms with Crippen LogP contribution in [0, 0.1) is 10.1 Å². The van der Waals surface area contributed by atoms with Gasteiger partial charge in [0.25, 0.3) is 5.69 Å². The Morgan fingerprint density at radius 2 is 1.70 bits per heavy atom. The van der Waals surface area contributed by atoms with Crippen molar-refractivity contribution >= 4 is 62.8 Å². The van der Waals surface area contributed by atoms with Gasteiger partial charge in [-0.2, -0.15) is 0 Å². The maximum atomic E-state index is 13.2. The third-order valence-electron chi connectivity index (χ3n) is 4.40. The van der Waals surface area contributed by atoms with E-state index in [-0.39, 0.29) is 22.3 Å². The van der Waals surface area contributed by atoms with Crippen molar-refractivity contribution in [1.82, 2.24) is 10.2 Å². The molecule has 4 rings (SSSR count). The summed E-state index contributed by atoms with van der Waals surface area (Å²) in [6.45, 7) is 0. The van der Waals surface area contributed by atoms with E-state index < -0.39 is 10.2 Å². The number of para-hydroxylation sites is 1. The zero-order valence-electron chi connectivity index (χ0n) is 16.8. The number of amides is 1. The molecular weight excluding hydrogens is 482 g/mol. The van der Waals surface area contributed by atoms with Gasteiger partial charge in [-0.15, -0.1) is 10.2 Å². The number of aromatic nitrogens is 2. The highest BCUT2D eigenvalue weighted by Gasteiger charge is 2.25. The SMILES string of the molecule is O=C(Nc1ccc(Cl)c([N+](=O)[O-])c1)[C@@H](Sc1nnc(Nc2ccccc2)s1)c1ccccc1. The van der Waals surface area contributed by atoms with Crippen LogP contribution in [0.2, 0.25) is 5.02 Å². The van der Waals surface area contributed by atoms with E-state index in [1.807, 2.05) is 60.7 Å². The summed E-state index contributed by atoms with van der Waals surface area (Å²) < 4.78 is 0.597. The van der Waals surface area contributed by atoms with Crippen LogP contribution in [0.4, 0.5) is 22.2 Å². The lowest BCUT2D eigenvalue weighted by molar-refractivity contribution is -0.384. The number of nitrogens with one attached hydrogen (secondary N) is 2. The van der Waals surface area contributed by atoms with Gasteiger partial charge in [-0.3, -0.25) is 14.9 Å². The summed E-state index contributed by atoms with van der Waals surface area (Å²) in [7, 11) is 0. The van der Waals surface area contributed by atoms with E-state index in [4.69, 9.17) is 11.6 Å². The Hall–Kier alpha value is -3.47. The predicted octanol–water partition coefficient (Wildman–Crippen LogP) is 6.32. The predicted molar refractivity (Wildman–Crippen MR) is 131 cm³/mol. The molecule has 0 unspecified atom stereocenters. The first-order valence-corrected chi connectivity index (χ1v) is 11.7. The molecule has 0 aliphatic rings. The van der Waals surface area contributed by atoms with E-state index in [0.717, 1.165) is 11.3 Å². The number of halogens is 1. The number of nitrogens with zero attached hydrogens (tertiary/aromatic N) is 3. The molecule has 2 N–H and O–H groups in total. The fourth-order valence-corrected chi connectivity index (χ4v) is 5.04. The highest BCUT2D eigenvalue weighted by molar-refractivity contribution is 8.02. The number of nitro benzene ring substituents is 1. The first-order chi connectivity index (χ1) is 16.0. The van der Waals surface area contributed by atoms with Gasteiger partial charge in [0.15, 0.2) is 4.34 Å². The Balaban J connectivity index is 1.54. The first kappa shape index (κ1) is 22.7. The van der Waals surface area contributed by atoms with Gasteiger partial charge in [0.1, 0.15) is 10.3 Å². The molecule has 0 bridgehead atoms. The summed E-state index contributed by atoms with van der Waals surface area (Å²) >= 11 is 8.45. The van der Waals surface area contributed by atoms with Gasteiger partial charge in [-0.25, -0.2) is 0 Å². The lowest BCUT2D eigenvalue weighted by atomic mass is 10.1. The summed E-state index contributed by atoms with van der Waals surface area (Å²) in [5.41, 5.74) is 1.64. The third kappa shape index (κ3) is 5.86. The molecule has 1 heterocycles. The number of thioether (sulfide) groups is 1. The van der Waals surface area contributed by atoms with Crippen LogP contribution in [0.1, 0.15) is 10.8 Å². The van der Waals surface area contributed by atoms with Crippen molar-refractivity contribution < 1.29 is 9.72 Å². The van der Waals surface area contributed by atoms with Gasteiger partial charge in [0.05, 0.1) is 4.92 Å². The van der Waals surface area contributed by atoms with Crippen LogP contribution in [0.5, 0.6) is 0 Å². The van der Waals surface area contributed by atoms with Crippen molar-refractivity contribution in [3.8, 4) is 0 Å². The summed E-state index contributed by atoms with van der Waals surface area (Å²) in [4.78, 5) is 23.8. The van der Waals surface area contributed by atoms with Crippen LogP contribution < -0.4 is 10.6 Å². The minimum absolute atomic E-state index is 0.000659. The number of anilines is 3. The molecule has 4 aromatic rings. The van der Waals surface area contributed by atoms with Crippen molar-refractivity contribution in [3.05, 3.63) is 99.6 Å². The standard InChI is InChI=1S/C22H16ClN5O3S2/c23-17-12-11-16(13-18(17)28(30)31)24-20(29)19(14-7-3-1-4-8-14)32-22-27-26-21(33-22)25-15-9-5-2-6-10-15/h1-13,19H,(H,24,29)(H,25,26)/t19-/m0/s1. The molecular formula is C22H16ClN5O3S2. The molecule has 33 heavy (non-hydrogen) atoms. The zero-order valence-corrected chi connectivity index (χ0v) is 19.2. The number of rotatable bonds is 8. The summed E-state index contributed by atoms with van der Waals surface area (Å²) in [6.07, 6.45) is 0. The van der Waals surface area contributed by atoms with E-state index in [2.05, 4.69) is 20.8 Å². The minimum atomic E-state index is -0.654. The molecule has 0 spiro atoms. The number of benzene rings is 3. The molecule has 0 saturated heterocycles. The van der Waals surface area contributed by atoms with Gasteiger partial charge in [-0.1, -0.05) is 83.2 Å². The monoisotopic (exact) mass is 497 g/mol. The fourth-order valence-electron chi connectivity index (χ4n) is 2.89. The maximum absolute atomic E-state index is 13.2. The van der Waals surface area contributed by atoms with Gasteiger partial charge in [-0.05, 0) is 29.8 Å². The Labute approximate surface area is 202 Å². The van der Waals surface area contributed by atoms with Crippen molar-refractivity contribution in [3.63, 3.8) is 0 Å². The highest BCUT2D eigenvalue weighted by atomic mass is 35.5. The van der Waals surface area contributed by atoms with Crippen LogP contribution in [0.25, 0.3) is 0 Å². The fraction of sp³-hybridized carbons (Fsp3) is 0.0455. The Kier molecular flexibility index (Phi) is 7.18. The lowest BCUT2D eigenvalue weighted by Crippen LogP contribution is -2.19. The number of hydrogen-bond acceptors (Lipinski definition) is 8. The first-order valence-electron chi connectivity index (χ1n) is 9.61. The van der Waals surface area contributed by atoms with Crippen LogP contribution >= 0.6 is 34.7 Å². The van der Waals surface area contributed by atoms with Crippen molar-refractivity contribution in [2.45, 2.75) is 9.59 Å². The highest BCUT2D eigenvalue weighted by Crippen LogP contribution is 2.39. The molecule has 0 aliphatic heterocycles. The minimum Gasteiger partial charge on any atom is -0.330 e. The smallest absolute Gasteiger partial charge is 0.289 e. The quantitative estimate of drug-likeness (QED) is 0.166. The zero-order chi connectivity index (χ0) is 23.2. The summed E-state index contributed by atoms with van der Waals surface area (Å²) in [5, 5.41) is 25.4. The van der Waals surface area contributed by atoms with Crippen molar-refractivity contribution in [2.24, 2.45) is 0 Å². The molecule has 1 amide bonds. The van der Waals surface area contributed by atoms with Gasteiger partial charge < -0.3 is 10.6 Å². The summed E-state index contributed by atoms with van der Waals surface area (Å²) in [6, 6.07) is 22.9. The third-order valence-corrected chi connectivity index (χ3v) is 6.90. The second-order valence-corrected chi connectivity index (χ2v) is 9.42. The van der Waals surface area contributed by atoms with Crippen LogP contribution in [0.15, 0.2) is 83.2 Å². The largest absolute Gasteiger partial charge is 0.330 e. The molecule has 8 nitrogen and oxygen atoms in total. The van der Waals surface area contributed by atoms with Gasteiger partial charge in [0.2, 0.25) is 11.0 Å². The lowest BCUT2D eigenvalue weighted by Gasteiger charge is -2.15. The molecule has 0 aliphatic carbocycles. The maximum Gasteiger partial charge on any atom is 0.289 e. The number of carbonyl (C=O) groups is 1. The van der Waals surface area contributed by atoms with E-state index in [0.29, 0.717) is 9.47 Å². The number of carbonyl (C=O) groups excluding carboxylic acids is 1. The van der Waals surface area contributed by atoms with Crippen LogP contribution in [0.3, 0.4) is 0 Å². The van der Waals surface area contributed by atoms with Crippen LogP contribution in [-0.4, -0.2) is 21.0 Å². The second-order valence-electron chi connectivity index (χ2n) is 6.69. The van der Waals surface area contributed by atoms with Gasteiger partial charge >= 0.3 is 0 Å². The average Bonchev–Trinajstić information content (AvgIpc) is 3.26. The van der Waals surface area contributed by atoms with E-state index in [1.165, 1.54) is 41.3 Å². The van der Waals surface area contributed by atoms with E-state index in [1.54, 1.807) is 0 Å². The normalized spacial score (nSPS) is 11.5. The van der Waals surface area contributed by atoms with Gasteiger partial charge in [0, 0.05) is 17.4 Å². The number of hydrogen-bond donors (Lipinski definition) is 2. The molecule has 3 aromatic carbocycles. The van der Waals surface area contributed by atoms with E-state index >= 15 is 0 Å². The average molecular weight is 498 g/mol. The summed E-state index contributed by atoms with van der Waals surface area (Å²) in [5.74, 6) is -0.351. The molecule has 166 valence electrons.